The number of anilines is 1. The van der Waals surface area contributed by atoms with Crippen LogP contribution in [0.4, 0.5) is 5.69 Å². The summed E-state index contributed by atoms with van der Waals surface area (Å²) in [5.41, 5.74) is 2.55. The van der Waals surface area contributed by atoms with Gasteiger partial charge in [0.05, 0.1) is 21.8 Å². The van der Waals surface area contributed by atoms with Crippen LogP contribution in [0.5, 0.6) is 0 Å². The van der Waals surface area contributed by atoms with E-state index in [9.17, 15) is 18.3 Å². The highest BCUT2D eigenvalue weighted by atomic mass is 32.2. The molecule has 0 amide bonds. The smallest absolute Gasteiger partial charge is 0.335 e. The van der Waals surface area contributed by atoms with Crippen LogP contribution in [0, 0.1) is 6.92 Å². The van der Waals surface area contributed by atoms with Crippen molar-refractivity contribution in [3.8, 4) is 0 Å². The number of carboxylic acid groups (broad SMARTS) is 1. The maximum atomic E-state index is 12.7. The lowest BCUT2D eigenvalue weighted by Gasteiger charge is -2.12. The molecule has 116 valence electrons. The van der Waals surface area contributed by atoms with Gasteiger partial charge < -0.3 is 5.11 Å². The van der Waals surface area contributed by atoms with Gasteiger partial charge in [0.15, 0.2) is 0 Å². The minimum Gasteiger partial charge on any atom is -0.478 e. The van der Waals surface area contributed by atoms with Gasteiger partial charge >= 0.3 is 5.97 Å². The normalized spacial score (nSPS) is 13.9. The number of sulfonamides is 1. The topological polar surface area (TPSA) is 96.4 Å². The summed E-state index contributed by atoms with van der Waals surface area (Å²) in [5.74, 6) is -1.13. The fourth-order valence-corrected chi connectivity index (χ4v) is 4.78. The molecule has 3 rings (SSSR count). The standard InChI is InChI=1S/C14H14N2O4S2/c1-8-12(7-21-15-8)16-22(19,20)13-6-10(14(17)18)5-9-3-2-4-11(9)13/h5-7,16H,2-4H2,1H3,(H,17,18). The first-order valence-corrected chi connectivity index (χ1v) is 9.03. The molecule has 0 atom stereocenters. The summed E-state index contributed by atoms with van der Waals surface area (Å²) in [4.78, 5) is 11.3. The van der Waals surface area contributed by atoms with E-state index in [4.69, 9.17) is 0 Å². The Kier molecular flexibility index (Phi) is 3.65. The number of rotatable bonds is 4. The van der Waals surface area contributed by atoms with Gasteiger partial charge in [0.2, 0.25) is 0 Å². The summed E-state index contributed by atoms with van der Waals surface area (Å²) in [6.45, 7) is 1.71. The first kappa shape index (κ1) is 15.0. The van der Waals surface area contributed by atoms with E-state index in [0.717, 1.165) is 29.1 Å². The van der Waals surface area contributed by atoms with Gasteiger partial charge in [0, 0.05) is 5.38 Å². The molecule has 2 N–H and O–H groups in total. The number of hydrogen-bond donors (Lipinski definition) is 2. The van der Waals surface area contributed by atoms with Crippen molar-refractivity contribution in [3.63, 3.8) is 0 Å². The molecule has 2 aromatic rings. The lowest BCUT2D eigenvalue weighted by molar-refractivity contribution is 0.0696. The molecule has 1 aromatic heterocycles. The van der Waals surface area contributed by atoms with Crippen molar-refractivity contribution >= 4 is 33.2 Å². The van der Waals surface area contributed by atoms with Gasteiger partial charge in [-0.3, -0.25) is 4.72 Å². The third-order valence-corrected chi connectivity index (χ3v) is 5.86. The van der Waals surface area contributed by atoms with E-state index < -0.39 is 16.0 Å². The van der Waals surface area contributed by atoms with Crippen LogP contribution in [-0.4, -0.2) is 23.9 Å². The van der Waals surface area contributed by atoms with Crippen LogP contribution in [0.25, 0.3) is 0 Å². The molecule has 1 heterocycles. The molecular formula is C14H14N2O4S2. The number of aromatic nitrogens is 1. The number of carbonyl (C=O) groups is 1. The predicted octanol–water partition coefficient (Wildman–Crippen LogP) is 2.44. The average Bonchev–Trinajstić information content (AvgIpc) is 3.06. The van der Waals surface area contributed by atoms with Crippen molar-refractivity contribution in [2.75, 3.05) is 4.72 Å². The molecule has 8 heteroatoms. The molecule has 0 fully saturated rings. The van der Waals surface area contributed by atoms with Crippen molar-refractivity contribution in [1.82, 2.24) is 4.37 Å². The fourth-order valence-electron chi connectivity index (χ4n) is 2.62. The summed E-state index contributed by atoms with van der Waals surface area (Å²) < 4.78 is 31.9. The zero-order valence-corrected chi connectivity index (χ0v) is 13.4. The van der Waals surface area contributed by atoms with Crippen molar-refractivity contribution in [2.24, 2.45) is 0 Å². The van der Waals surface area contributed by atoms with Crippen LogP contribution in [0.2, 0.25) is 0 Å². The minimum absolute atomic E-state index is 0.00110. The quantitative estimate of drug-likeness (QED) is 0.892. The molecule has 1 aromatic carbocycles. The lowest BCUT2D eigenvalue weighted by atomic mass is 10.1. The highest BCUT2D eigenvalue weighted by Crippen LogP contribution is 2.31. The third-order valence-electron chi connectivity index (χ3n) is 3.71. The Hall–Kier alpha value is -1.93. The van der Waals surface area contributed by atoms with Gasteiger partial charge in [-0.15, -0.1) is 0 Å². The maximum absolute atomic E-state index is 12.7. The molecule has 6 nitrogen and oxygen atoms in total. The maximum Gasteiger partial charge on any atom is 0.335 e. The number of aryl methyl sites for hydroxylation is 2. The van der Waals surface area contributed by atoms with Crippen molar-refractivity contribution in [1.29, 1.82) is 0 Å². The van der Waals surface area contributed by atoms with Crippen LogP contribution in [-0.2, 0) is 22.9 Å². The Labute approximate surface area is 132 Å². The van der Waals surface area contributed by atoms with E-state index in [1.165, 1.54) is 6.07 Å². The molecule has 0 radical (unpaired) electrons. The van der Waals surface area contributed by atoms with Crippen LogP contribution >= 0.6 is 11.5 Å². The second-order valence-corrected chi connectivity index (χ2v) is 7.47. The lowest BCUT2D eigenvalue weighted by Crippen LogP contribution is -2.16. The molecule has 0 bridgehead atoms. The molecule has 0 saturated carbocycles. The SMILES string of the molecule is Cc1nscc1NS(=O)(=O)c1cc(C(=O)O)cc2c1CCC2. The Balaban J connectivity index is 2.10. The fraction of sp³-hybridized carbons (Fsp3) is 0.286. The Morgan fingerprint density at radius 3 is 2.77 bits per heavy atom. The van der Waals surface area contributed by atoms with E-state index in [0.29, 0.717) is 24.2 Å². The molecule has 1 aliphatic rings. The number of nitrogens with one attached hydrogen (secondary N) is 1. The molecular weight excluding hydrogens is 324 g/mol. The molecule has 0 saturated heterocycles. The highest BCUT2D eigenvalue weighted by Gasteiger charge is 2.26. The summed E-state index contributed by atoms with van der Waals surface area (Å²) in [6.07, 6.45) is 2.18. The van der Waals surface area contributed by atoms with E-state index in [1.54, 1.807) is 18.4 Å². The molecule has 0 aliphatic heterocycles. The number of nitrogens with zero attached hydrogens (tertiary/aromatic N) is 1. The molecule has 1 aliphatic carbocycles. The molecule has 0 unspecified atom stereocenters. The minimum atomic E-state index is -3.83. The van der Waals surface area contributed by atoms with Crippen molar-refractivity contribution in [3.05, 3.63) is 39.9 Å². The number of fused-ring (bicyclic) bond motifs is 1. The summed E-state index contributed by atoms with van der Waals surface area (Å²) >= 11 is 1.16. The van der Waals surface area contributed by atoms with Crippen LogP contribution in [0.3, 0.4) is 0 Å². The summed E-state index contributed by atoms with van der Waals surface area (Å²) in [5, 5.41) is 10.8. The average molecular weight is 338 g/mol. The van der Waals surface area contributed by atoms with Crippen LogP contribution in [0.15, 0.2) is 22.4 Å². The van der Waals surface area contributed by atoms with Gasteiger partial charge in [-0.2, -0.15) is 4.37 Å². The van der Waals surface area contributed by atoms with Crippen LogP contribution < -0.4 is 4.72 Å². The van der Waals surface area contributed by atoms with Crippen molar-refractivity contribution < 1.29 is 18.3 Å². The van der Waals surface area contributed by atoms with E-state index in [-0.39, 0.29) is 10.5 Å². The number of aromatic carboxylic acids is 1. The molecule has 22 heavy (non-hydrogen) atoms. The first-order chi connectivity index (χ1) is 10.4. The summed E-state index contributed by atoms with van der Waals surface area (Å²) in [6, 6.07) is 2.81. The highest BCUT2D eigenvalue weighted by molar-refractivity contribution is 7.92. The second kappa shape index (κ2) is 5.36. The van der Waals surface area contributed by atoms with Gasteiger partial charge in [0.1, 0.15) is 0 Å². The van der Waals surface area contributed by atoms with E-state index in [1.807, 2.05) is 0 Å². The van der Waals surface area contributed by atoms with Crippen LogP contribution in [0.1, 0.15) is 33.6 Å². The Morgan fingerprint density at radius 2 is 2.14 bits per heavy atom. The Morgan fingerprint density at radius 1 is 1.36 bits per heavy atom. The molecule has 0 spiro atoms. The largest absolute Gasteiger partial charge is 0.478 e. The zero-order chi connectivity index (χ0) is 15.9. The van der Waals surface area contributed by atoms with Gasteiger partial charge in [0.25, 0.3) is 10.0 Å². The summed E-state index contributed by atoms with van der Waals surface area (Å²) in [7, 11) is -3.83. The number of benzene rings is 1. The second-order valence-electron chi connectivity index (χ2n) is 5.19. The van der Waals surface area contributed by atoms with Crippen molar-refractivity contribution in [2.45, 2.75) is 31.1 Å². The van der Waals surface area contributed by atoms with Gasteiger partial charge in [-0.05, 0) is 61.0 Å². The number of hydrogen-bond acceptors (Lipinski definition) is 5. The van der Waals surface area contributed by atoms with E-state index in [2.05, 4.69) is 9.10 Å². The Bertz CT molecular complexity index is 856. The zero-order valence-electron chi connectivity index (χ0n) is 11.8. The van der Waals surface area contributed by atoms with Gasteiger partial charge in [-0.1, -0.05) is 0 Å². The monoisotopic (exact) mass is 338 g/mol. The predicted molar refractivity (Wildman–Crippen MR) is 83.1 cm³/mol. The van der Waals surface area contributed by atoms with E-state index >= 15 is 0 Å². The number of carboxylic acids is 1. The van der Waals surface area contributed by atoms with Gasteiger partial charge in [-0.25, -0.2) is 13.2 Å². The first-order valence-electron chi connectivity index (χ1n) is 6.71. The third kappa shape index (κ3) is 2.59.